The van der Waals surface area contributed by atoms with Crippen LogP contribution in [0.15, 0.2) is 0 Å². The van der Waals surface area contributed by atoms with Crippen LogP contribution in [0.1, 0.15) is 26.7 Å². The van der Waals surface area contributed by atoms with Crippen molar-refractivity contribution in [2.45, 2.75) is 32.7 Å². The molecule has 90 valence electrons. The first-order chi connectivity index (χ1) is 7.22. The average molecular weight is 213 g/mol. The van der Waals surface area contributed by atoms with Crippen LogP contribution in [0.3, 0.4) is 0 Å². The summed E-state index contributed by atoms with van der Waals surface area (Å²) in [6.45, 7) is 11.8. The van der Waals surface area contributed by atoms with E-state index in [0.29, 0.717) is 6.04 Å². The first-order valence-electron chi connectivity index (χ1n) is 6.36. The van der Waals surface area contributed by atoms with Gasteiger partial charge in [-0.25, -0.2) is 0 Å². The Morgan fingerprint density at radius 3 is 2.73 bits per heavy atom. The molecule has 0 aromatic rings. The third kappa shape index (κ3) is 5.50. The monoisotopic (exact) mass is 213 g/mol. The van der Waals surface area contributed by atoms with E-state index in [0.717, 1.165) is 6.54 Å². The van der Waals surface area contributed by atoms with Gasteiger partial charge in [0.15, 0.2) is 0 Å². The molecule has 1 rings (SSSR count). The second kappa shape index (κ2) is 7.20. The maximum atomic E-state index is 3.47. The van der Waals surface area contributed by atoms with Crippen LogP contribution in [0.4, 0.5) is 0 Å². The van der Waals surface area contributed by atoms with Crippen LogP contribution in [0.25, 0.3) is 0 Å². The first-order valence-corrected chi connectivity index (χ1v) is 6.36. The van der Waals surface area contributed by atoms with Crippen molar-refractivity contribution < 1.29 is 0 Å². The van der Waals surface area contributed by atoms with Gasteiger partial charge in [0.05, 0.1) is 0 Å². The molecule has 15 heavy (non-hydrogen) atoms. The first kappa shape index (κ1) is 12.9. The van der Waals surface area contributed by atoms with Crippen molar-refractivity contribution in [2.75, 3.05) is 46.3 Å². The van der Waals surface area contributed by atoms with Crippen molar-refractivity contribution in [1.29, 1.82) is 0 Å². The van der Waals surface area contributed by atoms with Crippen molar-refractivity contribution in [3.8, 4) is 0 Å². The van der Waals surface area contributed by atoms with Gasteiger partial charge in [-0.2, -0.15) is 0 Å². The molecule has 0 aromatic heterocycles. The van der Waals surface area contributed by atoms with E-state index < -0.39 is 0 Å². The topological polar surface area (TPSA) is 18.5 Å². The number of nitrogens with zero attached hydrogens (tertiary/aromatic N) is 2. The molecule has 3 nitrogen and oxygen atoms in total. The van der Waals surface area contributed by atoms with Crippen LogP contribution in [0.5, 0.6) is 0 Å². The minimum Gasteiger partial charge on any atom is -0.314 e. The van der Waals surface area contributed by atoms with Gasteiger partial charge < -0.3 is 15.1 Å². The Labute approximate surface area is 94.8 Å². The van der Waals surface area contributed by atoms with Crippen molar-refractivity contribution in [2.24, 2.45) is 0 Å². The van der Waals surface area contributed by atoms with Crippen molar-refractivity contribution in [3.63, 3.8) is 0 Å². The van der Waals surface area contributed by atoms with Gasteiger partial charge in [0.1, 0.15) is 0 Å². The Morgan fingerprint density at radius 1 is 1.20 bits per heavy atom. The van der Waals surface area contributed by atoms with Gasteiger partial charge in [0.25, 0.3) is 0 Å². The van der Waals surface area contributed by atoms with Gasteiger partial charge in [0, 0.05) is 19.1 Å². The fraction of sp³-hybridized carbons (Fsp3) is 1.00. The number of likely N-dealkylation sites (N-methyl/N-ethyl adjacent to an activating group) is 1. The smallest absolute Gasteiger partial charge is 0.0109 e. The molecular formula is C12H27N3. The molecule has 0 saturated carbocycles. The highest BCUT2D eigenvalue weighted by Crippen LogP contribution is 2.03. The maximum Gasteiger partial charge on any atom is 0.0109 e. The van der Waals surface area contributed by atoms with Crippen LogP contribution >= 0.6 is 0 Å². The molecule has 1 aliphatic heterocycles. The third-order valence-electron chi connectivity index (χ3n) is 3.24. The highest BCUT2D eigenvalue weighted by atomic mass is 15.2. The minimum atomic E-state index is 0.663. The molecule has 0 radical (unpaired) electrons. The van der Waals surface area contributed by atoms with Crippen LogP contribution in [-0.4, -0.2) is 62.2 Å². The maximum absolute atomic E-state index is 3.47. The van der Waals surface area contributed by atoms with E-state index in [4.69, 9.17) is 0 Å². The normalized spacial score (nSPS) is 22.6. The summed E-state index contributed by atoms with van der Waals surface area (Å²) < 4.78 is 0. The van der Waals surface area contributed by atoms with Gasteiger partial charge in [-0.3, -0.25) is 0 Å². The van der Waals surface area contributed by atoms with E-state index in [9.17, 15) is 0 Å². The molecule has 0 aliphatic carbocycles. The molecule has 0 bridgehead atoms. The summed E-state index contributed by atoms with van der Waals surface area (Å²) in [5.74, 6) is 0. The molecule has 0 aromatic carbocycles. The molecule has 1 heterocycles. The Bertz CT molecular complexity index is 161. The molecule has 0 amide bonds. The predicted molar refractivity (Wildman–Crippen MR) is 66.3 cm³/mol. The molecule has 3 heteroatoms. The van der Waals surface area contributed by atoms with E-state index in [2.05, 4.69) is 36.0 Å². The molecule has 1 N–H and O–H groups in total. The average Bonchev–Trinajstić information content (AvgIpc) is 2.41. The van der Waals surface area contributed by atoms with E-state index in [1.807, 2.05) is 0 Å². The lowest BCUT2D eigenvalue weighted by molar-refractivity contribution is 0.263. The van der Waals surface area contributed by atoms with E-state index in [1.54, 1.807) is 0 Å². The summed E-state index contributed by atoms with van der Waals surface area (Å²) in [5, 5.41) is 3.47. The lowest BCUT2D eigenvalue weighted by atomic mass is 10.2. The second-order valence-electron chi connectivity index (χ2n) is 4.75. The zero-order valence-electron chi connectivity index (χ0n) is 10.6. The summed E-state index contributed by atoms with van der Waals surface area (Å²) in [7, 11) is 2.23. The van der Waals surface area contributed by atoms with Gasteiger partial charge in [-0.1, -0.05) is 6.92 Å². The number of rotatable bonds is 5. The minimum absolute atomic E-state index is 0.663. The highest BCUT2D eigenvalue weighted by Gasteiger charge is 2.12. The number of nitrogens with one attached hydrogen (secondary N) is 1. The largest absolute Gasteiger partial charge is 0.314 e. The molecule has 0 spiro atoms. The quantitative estimate of drug-likeness (QED) is 0.735. The van der Waals surface area contributed by atoms with Crippen LogP contribution in [0, 0.1) is 0 Å². The zero-order valence-corrected chi connectivity index (χ0v) is 10.6. The summed E-state index contributed by atoms with van der Waals surface area (Å²) >= 11 is 0. The fourth-order valence-corrected chi connectivity index (χ4v) is 2.15. The molecule has 1 fully saturated rings. The van der Waals surface area contributed by atoms with Gasteiger partial charge in [0.2, 0.25) is 0 Å². The summed E-state index contributed by atoms with van der Waals surface area (Å²) in [6, 6.07) is 0.663. The molecule has 1 unspecified atom stereocenters. The lowest BCUT2D eigenvalue weighted by Crippen LogP contribution is -2.34. The third-order valence-corrected chi connectivity index (χ3v) is 3.24. The van der Waals surface area contributed by atoms with E-state index >= 15 is 0 Å². The fourth-order valence-electron chi connectivity index (χ4n) is 2.15. The highest BCUT2D eigenvalue weighted by molar-refractivity contribution is 4.69. The van der Waals surface area contributed by atoms with E-state index in [-0.39, 0.29) is 0 Å². The molecule has 1 aliphatic rings. The standard InChI is InChI=1S/C12H27N3/c1-4-13-12(2)6-9-15-8-5-7-14(3)10-11-15/h12-13H,4-11H2,1-3H3. The second-order valence-corrected chi connectivity index (χ2v) is 4.75. The van der Waals surface area contributed by atoms with E-state index in [1.165, 1.54) is 45.6 Å². The summed E-state index contributed by atoms with van der Waals surface area (Å²) in [4.78, 5) is 5.05. The molecular weight excluding hydrogens is 186 g/mol. The van der Waals surface area contributed by atoms with Crippen molar-refractivity contribution >= 4 is 0 Å². The van der Waals surface area contributed by atoms with Crippen molar-refractivity contribution in [3.05, 3.63) is 0 Å². The van der Waals surface area contributed by atoms with Crippen LogP contribution < -0.4 is 5.32 Å². The van der Waals surface area contributed by atoms with Gasteiger partial charge in [-0.15, -0.1) is 0 Å². The van der Waals surface area contributed by atoms with Crippen LogP contribution in [0.2, 0.25) is 0 Å². The van der Waals surface area contributed by atoms with Gasteiger partial charge >= 0.3 is 0 Å². The Balaban J connectivity index is 2.14. The van der Waals surface area contributed by atoms with Crippen molar-refractivity contribution in [1.82, 2.24) is 15.1 Å². The Morgan fingerprint density at radius 2 is 2.00 bits per heavy atom. The Hall–Kier alpha value is -0.120. The SMILES string of the molecule is CCNC(C)CCN1CCCN(C)CC1. The molecule has 1 atom stereocenters. The Kier molecular flexibility index (Phi) is 6.22. The summed E-state index contributed by atoms with van der Waals surface area (Å²) in [5.41, 5.74) is 0. The number of hydrogen-bond acceptors (Lipinski definition) is 3. The summed E-state index contributed by atoms with van der Waals surface area (Å²) in [6.07, 6.45) is 2.60. The number of hydrogen-bond donors (Lipinski definition) is 1. The predicted octanol–water partition coefficient (Wildman–Crippen LogP) is 1.01. The molecule has 1 saturated heterocycles. The lowest BCUT2D eigenvalue weighted by Gasteiger charge is -2.22. The van der Waals surface area contributed by atoms with Gasteiger partial charge in [-0.05, 0) is 53.0 Å². The van der Waals surface area contributed by atoms with Crippen LogP contribution in [-0.2, 0) is 0 Å². The zero-order chi connectivity index (χ0) is 11.1.